The van der Waals surface area contributed by atoms with Gasteiger partial charge in [-0.3, -0.25) is 0 Å². The lowest BCUT2D eigenvalue weighted by Crippen LogP contribution is -2.39. The standard InChI is InChI=1S/C12H23NO/c1-12(6-7-12)9-13-10-4-3-5-11(8-10)14-2/h10-11,13H,3-9H2,1-2H3. The van der Waals surface area contributed by atoms with Crippen molar-refractivity contribution in [3.05, 3.63) is 0 Å². The third-order valence-electron chi connectivity index (χ3n) is 3.88. The van der Waals surface area contributed by atoms with Crippen molar-refractivity contribution in [2.24, 2.45) is 5.41 Å². The van der Waals surface area contributed by atoms with Gasteiger partial charge in [-0.1, -0.05) is 6.92 Å². The molecule has 2 aliphatic rings. The van der Waals surface area contributed by atoms with E-state index in [4.69, 9.17) is 4.74 Å². The first-order valence-corrected chi connectivity index (χ1v) is 5.98. The van der Waals surface area contributed by atoms with Gasteiger partial charge in [0, 0.05) is 19.7 Å². The van der Waals surface area contributed by atoms with Gasteiger partial charge in [-0.05, 0) is 43.9 Å². The van der Waals surface area contributed by atoms with Crippen LogP contribution >= 0.6 is 0 Å². The Balaban J connectivity index is 1.69. The Morgan fingerprint density at radius 3 is 2.79 bits per heavy atom. The third kappa shape index (κ3) is 2.71. The van der Waals surface area contributed by atoms with Crippen LogP contribution in [0.2, 0.25) is 0 Å². The molecule has 2 nitrogen and oxygen atoms in total. The molecule has 0 amide bonds. The molecule has 0 bridgehead atoms. The van der Waals surface area contributed by atoms with Crippen molar-refractivity contribution in [3.63, 3.8) is 0 Å². The van der Waals surface area contributed by atoms with E-state index in [2.05, 4.69) is 12.2 Å². The summed E-state index contributed by atoms with van der Waals surface area (Å²) in [4.78, 5) is 0. The van der Waals surface area contributed by atoms with Crippen LogP contribution in [0.5, 0.6) is 0 Å². The Bertz CT molecular complexity index is 189. The molecule has 0 aromatic heterocycles. The molecule has 2 rings (SSSR count). The van der Waals surface area contributed by atoms with Crippen LogP contribution < -0.4 is 5.32 Å². The fourth-order valence-corrected chi connectivity index (χ4v) is 2.33. The average molecular weight is 197 g/mol. The van der Waals surface area contributed by atoms with Crippen molar-refractivity contribution in [1.29, 1.82) is 0 Å². The average Bonchev–Trinajstić information content (AvgIpc) is 2.95. The summed E-state index contributed by atoms with van der Waals surface area (Å²) in [5.41, 5.74) is 0.639. The number of hydrogen-bond donors (Lipinski definition) is 1. The van der Waals surface area contributed by atoms with Gasteiger partial charge in [0.2, 0.25) is 0 Å². The second-order valence-electron chi connectivity index (χ2n) is 5.41. The molecule has 2 saturated carbocycles. The van der Waals surface area contributed by atoms with Gasteiger partial charge >= 0.3 is 0 Å². The van der Waals surface area contributed by atoms with Crippen LogP contribution in [0, 0.1) is 5.41 Å². The minimum atomic E-state index is 0.508. The molecule has 0 spiro atoms. The predicted molar refractivity (Wildman–Crippen MR) is 58.4 cm³/mol. The molecule has 2 atom stereocenters. The smallest absolute Gasteiger partial charge is 0.0586 e. The Morgan fingerprint density at radius 2 is 2.14 bits per heavy atom. The maximum Gasteiger partial charge on any atom is 0.0586 e. The predicted octanol–water partition coefficient (Wildman–Crippen LogP) is 2.33. The highest BCUT2D eigenvalue weighted by Crippen LogP contribution is 2.44. The van der Waals surface area contributed by atoms with Crippen LogP contribution in [-0.2, 0) is 4.74 Å². The molecule has 82 valence electrons. The van der Waals surface area contributed by atoms with E-state index in [-0.39, 0.29) is 0 Å². The summed E-state index contributed by atoms with van der Waals surface area (Å²) in [7, 11) is 1.84. The number of hydrogen-bond acceptors (Lipinski definition) is 2. The minimum absolute atomic E-state index is 0.508. The fraction of sp³-hybridized carbons (Fsp3) is 1.00. The topological polar surface area (TPSA) is 21.3 Å². The monoisotopic (exact) mass is 197 g/mol. The van der Waals surface area contributed by atoms with E-state index in [1.165, 1.54) is 45.1 Å². The zero-order chi connectivity index (χ0) is 10.0. The lowest BCUT2D eigenvalue weighted by molar-refractivity contribution is 0.0581. The number of rotatable bonds is 4. The van der Waals surface area contributed by atoms with Crippen LogP contribution in [0.4, 0.5) is 0 Å². The van der Waals surface area contributed by atoms with Gasteiger partial charge in [0.25, 0.3) is 0 Å². The van der Waals surface area contributed by atoms with Crippen molar-refractivity contribution < 1.29 is 4.74 Å². The van der Waals surface area contributed by atoms with Crippen molar-refractivity contribution in [2.45, 2.75) is 57.6 Å². The molecule has 2 aliphatic carbocycles. The molecule has 2 fully saturated rings. The molecule has 0 aromatic rings. The van der Waals surface area contributed by atoms with Crippen LogP contribution in [0.1, 0.15) is 45.4 Å². The summed E-state index contributed by atoms with van der Waals surface area (Å²) in [6.07, 6.45) is 8.48. The highest BCUT2D eigenvalue weighted by Gasteiger charge is 2.37. The third-order valence-corrected chi connectivity index (χ3v) is 3.88. The van der Waals surface area contributed by atoms with Crippen LogP contribution in [0.3, 0.4) is 0 Å². The lowest BCUT2D eigenvalue weighted by Gasteiger charge is -2.29. The molecule has 0 saturated heterocycles. The molecule has 0 radical (unpaired) electrons. The first kappa shape index (κ1) is 10.4. The first-order valence-electron chi connectivity index (χ1n) is 5.98. The first-order chi connectivity index (χ1) is 6.72. The van der Waals surface area contributed by atoms with Crippen molar-refractivity contribution in [2.75, 3.05) is 13.7 Å². The van der Waals surface area contributed by atoms with Gasteiger partial charge in [0.1, 0.15) is 0 Å². The quantitative estimate of drug-likeness (QED) is 0.747. The zero-order valence-electron chi connectivity index (χ0n) is 9.51. The maximum atomic E-state index is 5.43. The summed E-state index contributed by atoms with van der Waals surface area (Å²) in [5.74, 6) is 0. The SMILES string of the molecule is COC1CCCC(NCC2(C)CC2)C1. The summed E-state index contributed by atoms with van der Waals surface area (Å²) >= 11 is 0. The molecule has 2 unspecified atom stereocenters. The number of nitrogens with one attached hydrogen (secondary N) is 1. The van der Waals surface area contributed by atoms with Crippen molar-refractivity contribution in [3.8, 4) is 0 Å². The number of ether oxygens (including phenoxy) is 1. The minimum Gasteiger partial charge on any atom is -0.381 e. The summed E-state index contributed by atoms with van der Waals surface area (Å²) in [6, 6.07) is 0.714. The van der Waals surface area contributed by atoms with Crippen LogP contribution in [0.15, 0.2) is 0 Å². The van der Waals surface area contributed by atoms with Crippen LogP contribution in [-0.4, -0.2) is 25.8 Å². The van der Waals surface area contributed by atoms with E-state index in [9.17, 15) is 0 Å². The summed E-state index contributed by atoms with van der Waals surface area (Å²) in [6.45, 7) is 3.60. The lowest BCUT2D eigenvalue weighted by atomic mass is 9.92. The van der Waals surface area contributed by atoms with Gasteiger partial charge < -0.3 is 10.1 Å². The molecule has 0 aromatic carbocycles. The highest BCUT2D eigenvalue weighted by molar-refractivity contribution is 4.92. The Kier molecular flexibility index (Phi) is 3.13. The molecule has 2 heteroatoms. The van der Waals surface area contributed by atoms with Gasteiger partial charge in [0.15, 0.2) is 0 Å². The molecule has 0 heterocycles. The van der Waals surface area contributed by atoms with E-state index in [1.54, 1.807) is 0 Å². The normalized spacial score (nSPS) is 35.6. The highest BCUT2D eigenvalue weighted by atomic mass is 16.5. The van der Waals surface area contributed by atoms with E-state index in [0.29, 0.717) is 17.6 Å². The largest absolute Gasteiger partial charge is 0.381 e. The van der Waals surface area contributed by atoms with Crippen molar-refractivity contribution >= 4 is 0 Å². The molecular weight excluding hydrogens is 174 g/mol. The molecule has 0 aliphatic heterocycles. The summed E-state index contributed by atoms with van der Waals surface area (Å²) < 4.78 is 5.43. The van der Waals surface area contributed by atoms with Crippen LogP contribution in [0.25, 0.3) is 0 Å². The molecule has 14 heavy (non-hydrogen) atoms. The second kappa shape index (κ2) is 4.19. The Labute approximate surface area is 87.4 Å². The fourth-order valence-electron chi connectivity index (χ4n) is 2.33. The second-order valence-corrected chi connectivity index (χ2v) is 5.41. The van der Waals surface area contributed by atoms with Crippen molar-refractivity contribution in [1.82, 2.24) is 5.32 Å². The van der Waals surface area contributed by atoms with Gasteiger partial charge in [-0.25, -0.2) is 0 Å². The summed E-state index contributed by atoms with van der Waals surface area (Å²) in [5, 5.41) is 3.71. The van der Waals surface area contributed by atoms with E-state index >= 15 is 0 Å². The molecular formula is C12H23NO. The Hall–Kier alpha value is -0.0800. The number of methoxy groups -OCH3 is 1. The van der Waals surface area contributed by atoms with E-state index in [0.717, 1.165) is 0 Å². The Morgan fingerprint density at radius 1 is 1.36 bits per heavy atom. The van der Waals surface area contributed by atoms with Gasteiger partial charge in [0.05, 0.1) is 6.10 Å². The molecule has 1 N–H and O–H groups in total. The van der Waals surface area contributed by atoms with Gasteiger partial charge in [-0.15, -0.1) is 0 Å². The maximum absolute atomic E-state index is 5.43. The van der Waals surface area contributed by atoms with E-state index in [1.807, 2.05) is 7.11 Å². The zero-order valence-corrected chi connectivity index (χ0v) is 9.51. The van der Waals surface area contributed by atoms with Gasteiger partial charge in [-0.2, -0.15) is 0 Å². The van der Waals surface area contributed by atoms with E-state index < -0.39 is 0 Å².